The predicted octanol–water partition coefficient (Wildman–Crippen LogP) is 4.88. The summed E-state index contributed by atoms with van der Waals surface area (Å²) < 4.78 is 2.26. The highest BCUT2D eigenvalue weighted by molar-refractivity contribution is 5.91. The molecule has 4 rings (SSSR count). The first-order valence-corrected chi connectivity index (χ1v) is 7.35. The highest BCUT2D eigenvalue weighted by Gasteiger charge is 2.13. The second-order valence-electron chi connectivity index (χ2n) is 5.35. The summed E-state index contributed by atoms with van der Waals surface area (Å²) in [7, 11) is 0. The van der Waals surface area contributed by atoms with Crippen molar-refractivity contribution in [3.63, 3.8) is 0 Å². The number of hydrogen-bond acceptors (Lipinski definition) is 1. The fourth-order valence-electron chi connectivity index (χ4n) is 2.94. The van der Waals surface area contributed by atoms with E-state index in [2.05, 4.69) is 65.2 Å². The van der Waals surface area contributed by atoms with E-state index in [0.717, 1.165) is 22.6 Å². The Bertz CT molecular complexity index is 936. The van der Waals surface area contributed by atoms with E-state index in [4.69, 9.17) is 5.73 Å². The molecule has 0 saturated heterocycles. The van der Waals surface area contributed by atoms with Gasteiger partial charge in [-0.15, -0.1) is 0 Å². The fraction of sp³-hybridized carbons (Fsp3) is 0. The Morgan fingerprint density at radius 1 is 0.682 bits per heavy atom. The van der Waals surface area contributed by atoms with Gasteiger partial charge in [0.05, 0.1) is 11.2 Å². The number of anilines is 1. The second-order valence-corrected chi connectivity index (χ2v) is 5.35. The van der Waals surface area contributed by atoms with Crippen LogP contribution in [0.3, 0.4) is 0 Å². The third kappa shape index (κ3) is 1.97. The number of aromatic nitrogens is 1. The average Bonchev–Trinajstić information content (AvgIpc) is 2.95. The molecule has 2 nitrogen and oxygen atoms in total. The van der Waals surface area contributed by atoms with Gasteiger partial charge in [-0.2, -0.15) is 0 Å². The summed E-state index contributed by atoms with van der Waals surface area (Å²) >= 11 is 0. The van der Waals surface area contributed by atoms with Crippen LogP contribution in [0, 0.1) is 0 Å². The highest BCUT2D eigenvalue weighted by Crippen LogP contribution is 2.34. The monoisotopic (exact) mass is 284 g/mol. The van der Waals surface area contributed by atoms with E-state index < -0.39 is 0 Å². The van der Waals surface area contributed by atoms with Gasteiger partial charge in [0, 0.05) is 22.3 Å². The van der Waals surface area contributed by atoms with Crippen LogP contribution in [0.1, 0.15) is 0 Å². The maximum atomic E-state index is 6.21. The zero-order chi connectivity index (χ0) is 14.9. The minimum absolute atomic E-state index is 0.794. The Morgan fingerprint density at radius 2 is 1.36 bits per heavy atom. The van der Waals surface area contributed by atoms with Gasteiger partial charge >= 0.3 is 0 Å². The molecular formula is C20H16N2. The number of para-hydroxylation sites is 3. The van der Waals surface area contributed by atoms with Gasteiger partial charge < -0.3 is 10.3 Å². The van der Waals surface area contributed by atoms with Crippen LogP contribution in [-0.2, 0) is 0 Å². The molecule has 0 amide bonds. The van der Waals surface area contributed by atoms with E-state index in [-0.39, 0.29) is 0 Å². The molecule has 0 fully saturated rings. The van der Waals surface area contributed by atoms with Gasteiger partial charge in [0.15, 0.2) is 0 Å². The van der Waals surface area contributed by atoms with Crippen LogP contribution in [0.2, 0.25) is 0 Å². The number of nitrogen functional groups attached to an aromatic ring is 1. The zero-order valence-electron chi connectivity index (χ0n) is 12.1. The zero-order valence-corrected chi connectivity index (χ0v) is 12.1. The molecule has 0 saturated carbocycles. The Kier molecular flexibility index (Phi) is 2.94. The van der Waals surface area contributed by atoms with Crippen molar-refractivity contribution in [1.29, 1.82) is 0 Å². The number of benzene rings is 3. The predicted molar refractivity (Wildman–Crippen MR) is 93.1 cm³/mol. The molecule has 0 bridgehead atoms. The average molecular weight is 284 g/mol. The van der Waals surface area contributed by atoms with Crippen molar-refractivity contribution >= 4 is 16.6 Å². The van der Waals surface area contributed by atoms with E-state index >= 15 is 0 Å². The van der Waals surface area contributed by atoms with Crippen molar-refractivity contribution in [2.75, 3.05) is 5.73 Å². The highest BCUT2D eigenvalue weighted by atomic mass is 15.0. The van der Waals surface area contributed by atoms with Crippen molar-refractivity contribution < 1.29 is 0 Å². The van der Waals surface area contributed by atoms with E-state index in [1.165, 1.54) is 10.9 Å². The van der Waals surface area contributed by atoms with Crippen molar-refractivity contribution in [3.05, 3.63) is 84.9 Å². The van der Waals surface area contributed by atoms with E-state index in [1.807, 2.05) is 24.3 Å². The standard InChI is InChI=1S/C20H16N2/c21-18-12-6-5-11-17(18)20-14-15-8-4-7-13-19(15)22(20)16-9-2-1-3-10-16/h1-14H,21H2. The second kappa shape index (κ2) is 5.08. The Hall–Kier alpha value is -3.00. The molecule has 0 unspecified atom stereocenters. The van der Waals surface area contributed by atoms with Crippen LogP contribution < -0.4 is 5.73 Å². The molecule has 0 aliphatic rings. The van der Waals surface area contributed by atoms with Gasteiger partial charge in [-0.1, -0.05) is 54.6 Å². The lowest BCUT2D eigenvalue weighted by Gasteiger charge is -2.12. The summed E-state index contributed by atoms with van der Waals surface area (Å²) in [5.74, 6) is 0. The molecular weight excluding hydrogens is 268 g/mol. The maximum Gasteiger partial charge on any atom is 0.0561 e. The van der Waals surface area contributed by atoms with E-state index in [9.17, 15) is 0 Å². The van der Waals surface area contributed by atoms with Crippen molar-refractivity contribution in [2.45, 2.75) is 0 Å². The van der Waals surface area contributed by atoms with Crippen LogP contribution in [0.15, 0.2) is 84.9 Å². The lowest BCUT2D eigenvalue weighted by molar-refractivity contribution is 1.13. The Labute approximate surface area is 129 Å². The first-order chi connectivity index (χ1) is 10.8. The number of rotatable bonds is 2. The molecule has 0 aliphatic carbocycles. The van der Waals surface area contributed by atoms with Crippen molar-refractivity contribution in [3.8, 4) is 16.9 Å². The SMILES string of the molecule is Nc1ccccc1-c1cc2ccccc2n1-c1ccccc1. The lowest BCUT2D eigenvalue weighted by atomic mass is 10.1. The normalized spacial score (nSPS) is 10.9. The quantitative estimate of drug-likeness (QED) is 0.522. The van der Waals surface area contributed by atoms with Crippen molar-refractivity contribution in [2.24, 2.45) is 0 Å². The summed E-state index contributed by atoms with van der Waals surface area (Å²) in [6.45, 7) is 0. The molecule has 1 aromatic heterocycles. The number of nitrogens with zero attached hydrogens (tertiary/aromatic N) is 1. The number of fused-ring (bicyclic) bond motifs is 1. The third-order valence-electron chi connectivity index (χ3n) is 3.96. The van der Waals surface area contributed by atoms with Gasteiger partial charge in [-0.25, -0.2) is 0 Å². The van der Waals surface area contributed by atoms with Gasteiger partial charge in [0.1, 0.15) is 0 Å². The summed E-state index contributed by atoms with van der Waals surface area (Å²) in [4.78, 5) is 0. The Morgan fingerprint density at radius 3 is 2.18 bits per heavy atom. The number of hydrogen-bond donors (Lipinski definition) is 1. The van der Waals surface area contributed by atoms with E-state index in [1.54, 1.807) is 0 Å². The number of nitrogens with two attached hydrogens (primary N) is 1. The van der Waals surface area contributed by atoms with Crippen LogP contribution in [0.5, 0.6) is 0 Å². The minimum atomic E-state index is 0.794. The molecule has 0 atom stereocenters. The molecule has 3 aromatic carbocycles. The van der Waals surface area contributed by atoms with Crippen LogP contribution >= 0.6 is 0 Å². The topological polar surface area (TPSA) is 30.9 Å². The van der Waals surface area contributed by atoms with Gasteiger partial charge in [0.2, 0.25) is 0 Å². The van der Waals surface area contributed by atoms with Crippen LogP contribution in [-0.4, -0.2) is 4.57 Å². The molecule has 0 radical (unpaired) electrons. The molecule has 2 heteroatoms. The van der Waals surface area contributed by atoms with Gasteiger partial charge in [0.25, 0.3) is 0 Å². The lowest BCUT2D eigenvalue weighted by Crippen LogP contribution is -1.98. The largest absolute Gasteiger partial charge is 0.398 e. The van der Waals surface area contributed by atoms with Gasteiger partial charge in [-0.3, -0.25) is 0 Å². The first-order valence-electron chi connectivity index (χ1n) is 7.35. The summed E-state index contributed by atoms with van der Waals surface area (Å²) in [6, 6.07) is 29.0. The first kappa shape index (κ1) is 12.7. The molecule has 0 aliphatic heterocycles. The third-order valence-corrected chi connectivity index (χ3v) is 3.96. The van der Waals surface area contributed by atoms with Gasteiger partial charge in [-0.05, 0) is 30.3 Å². The molecule has 22 heavy (non-hydrogen) atoms. The maximum absolute atomic E-state index is 6.21. The van der Waals surface area contributed by atoms with Crippen LogP contribution in [0.25, 0.3) is 27.8 Å². The molecule has 0 spiro atoms. The smallest absolute Gasteiger partial charge is 0.0561 e. The molecule has 2 N–H and O–H groups in total. The molecule has 4 aromatic rings. The molecule has 106 valence electrons. The summed E-state index contributed by atoms with van der Waals surface area (Å²) in [5, 5.41) is 1.21. The summed E-state index contributed by atoms with van der Waals surface area (Å²) in [5.41, 5.74) is 11.5. The fourth-order valence-corrected chi connectivity index (χ4v) is 2.94. The minimum Gasteiger partial charge on any atom is -0.398 e. The molecule has 1 heterocycles. The van der Waals surface area contributed by atoms with E-state index in [0.29, 0.717) is 0 Å². The summed E-state index contributed by atoms with van der Waals surface area (Å²) in [6.07, 6.45) is 0. The van der Waals surface area contributed by atoms with Crippen molar-refractivity contribution in [1.82, 2.24) is 4.57 Å². The van der Waals surface area contributed by atoms with Crippen LogP contribution in [0.4, 0.5) is 5.69 Å². The Balaban J connectivity index is 2.09.